The van der Waals surface area contributed by atoms with Crippen molar-refractivity contribution in [2.45, 2.75) is 39.2 Å². The van der Waals surface area contributed by atoms with Crippen LogP contribution in [0.4, 0.5) is 0 Å². The summed E-state index contributed by atoms with van der Waals surface area (Å²) in [5.41, 5.74) is 7.25. The van der Waals surface area contributed by atoms with Crippen molar-refractivity contribution in [3.63, 3.8) is 0 Å². The Labute approximate surface area is 146 Å². The molecule has 0 unspecified atom stereocenters. The molecule has 5 heteroatoms. The Morgan fingerprint density at radius 3 is 2.62 bits per heavy atom. The van der Waals surface area contributed by atoms with E-state index in [1.165, 1.54) is 24.8 Å². The molecule has 1 aliphatic heterocycles. The van der Waals surface area contributed by atoms with E-state index in [2.05, 4.69) is 34.3 Å². The van der Waals surface area contributed by atoms with Crippen LogP contribution >= 0.6 is 0 Å². The fourth-order valence-corrected chi connectivity index (χ4v) is 2.99. The van der Waals surface area contributed by atoms with Gasteiger partial charge in [0.2, 0.25) is 0 Å². The lowest BCUT2D eigenvalue weighted by atomic mass is 9.96. The van der Waals surface area contributed by atoms with E-state index in [1.54, 1.807) is 7.11 Å². The predicted octanol–water partition coefficient (Wildman–Crippen LogP) is 2.61. The van der Waals surface area contributed by atoms with Crippen molar-refractivity contribution < 1.29 is 4.74 Å². The quantitative estimate of drug-likeness (QED) is 0.436. The summed E-state index contributed by atoms with van der Waals surface area (Å²) < 4.78 is 5.21. The zero-order chi connectivity index (χ0) is 17.2. The largest absolute Gasteiger partial charge is 0.497 e. The number of hydrogen-bond donors (Lipinski definition) is 2. The summed E-state index contributed by atoms with van der Waals surface area (Å²) in [6, 6.07) is 8.37. The summed E-state index contributed by atoms with van der Waals surface area (Å²) >= 11 is 0. The fraction of sp³-hybridized carbons (Fsp3) is 0.632. The second-order valence-electron chi connectivity index (χ2n) is 6.57. The second kappa shape index (κ2) is 10.2. The van der Waals surface area contributed by atoms with Crippen molar-refractivity contribution in [3.05, 3.63) is 29.8 Å². The minimum atomic E-state index is 0.601. The highest BCUT2D eigenvalue weighted by Gasteiger charge is 2.19. The van der Waals surface area contributed by atoms with E-state index in [0.29, 0.717) is 11.9 Å². The van der Waals surface area contributed by atoms with Crippen LogP contribution in [0.1, 0.15) is 38.2 Å². The third-order valence-corrected chi connectivity index (χ3v) is 4.63. The molecule has 0 aliphatic carbocycles. The summed E-state index contributed by atoms with van der Waals surface area (Å²) in [6.07, 6.45) is 4.71. The summed E-state index contributed by atoms with van der Waals surface area (Å²) in [5.74, 6) is 2.17. The first-order valence-corrected chi connectivity index (χ1v) is 9.10. The number of hydrogen-bond acceptors (Lipinski definition) is 3. The van der Waals surface area contributed by atoms with Crippen LogP contribution in [0.25, 0.3) is 0 Å². The first-order valence-electron chi connectivity index (χ1n) is 9.10. The average molecular weight is 332 g/mol. The number of nitrogens with zero attached hydrogens (tertiary/aromatic N) is 2. The molecule has 0 saturated carbocycles. The summed E-state index contributed by atoms with van der Waals surface area (Å²) in [6.45, 7) is 7.23. The van der Waals surface area contributed by atoms with Gasteiger partial charge in [-0.25, -0.2) is 0 Å². The highest BCUT2D eigenvalue weighted by atomic mass is 16.5. The van der Waals surface area contributed by atoms with Crippen LogP contribution in [0.5, 0.6) is 5.75 Å². The lowest BCUT2D eigenvalue weighted by Crippen LogP contribution is -2.36. The number of benzene rings is 1. The van der Waals surface area contributed by atoms with Gasteiger partial charge in [0.1, 0.15) is 5.75 Å². The van der Waals surface area contributed by atoms with Crippen molar-refractivity contribution in [2.75, 3.05) is 33.3 Å². The Bertz CT molecular complexity index is 493. The van der Waals surface area contributed by atoms with Crippen LogP contribution in [0.2, 0.25) is 0 Å². The molecule has 1 heterocycles. The van der Waals surface area contributed by atoms with E-state index in [1.807, 2.05) is 12.1 Å². The zero-order valence-corrected chi connectivity index (χ0v) is 15.1. The molecule has 0 atom stereocenters. The first-order chi connectivity index (χ1) is 11.7. The lowest BCUT2D eigenvalue weighted by Gasteiger charge is -2.31. The second-order valence-corrected chi connectivity index (χ2v) is 6.57. The lowest BCUT2D eigenvalue weighted by molar-refractivity contribution is 0.180. The molecular formula is C19H32N4O. The van der Waals surface area contributed by atoms with Gasteiger partial charge in [-0.1, -0.05) is 25.5 Å². The summed E-state index contributed by atoms with van der Waals surface area (Å²) in [7, 11) is 1.70. The van der Waals surface area contributed by atoms with Crippen LogP contribution in [0, 0.1) is 5.92 Å². The van der Waals surface area contributed by atoms with Gasteiger partial charge >= 0.3 is 0 Å². The number of likely N-dealkylation sites (tertiary alicyclic amines) is 1. The maximum absolute atomic E-state index is 5.90. The van der Waals surface area contributed by atoms with Gasteiger partial charge in [0.25, 0.3) is 0 Å². The van der Waals surface area contributed by atoms with Crippen LogP contribution in [-0.2, 0) is 6.54 Å². The molecule has 0 amide bonds. The number of piperidine rings is 1. The Morgan fingerprint density at radius 2 is 2.00 bits per heavy atom. The molecule has 0 spiro atoms. The van der Waals surface area contributed by atoms with E-state index in [-0.39, 0.29) is 0 Å². The molecule has 3 N–H and O–H groups in total. The molecule has 1 fully saturated rings. The maximum Gasteiger partial charge on any atom is 0.188 e. The smallest absolute Gasteiger partial charge is 0.188 e. The molecule has 2 rings (SSSR count). The van der Waals surface area contributed by atoms with Gasteiger partial charge in [-0.05, 0) is 56.0 Å². The van der Waals surface area contributed by atoms with E-state index >= 15 is 0 Å². The van der Waals surface area contributed by atoms with Gasteiger partial charge in [0, 0.05) is 19.6 Å². The highest BCUT2D eigenvalue weighted by molar-refractivity contribution is 5.77. The van der Waals surface area contributed by atoms with Crippen molar-refractivity contribution in [1.29, 1.82) is 0 Å². The third kappa shape index (κ3) is 6.40. The Hall–Kier alpha value is -1.75. The van der Waals surface area contributed by atoms with Gasteiger partial charge in [0.05, 0.1) is 7.11 Å². The molecule has 1 aromatic rings. The van der Waals surface area contributed by atoms with Crippen LogP contribution in [0.3, 0.4) is 0 Å². The molecule has 24 heavy (non-hydrogen) atoms. The van der Waals surface area contributed by atoms with E-state index in [4.69, 9.17) is 10.5 Å². The van der Waals surface area contributed by atoms with Crippen molar-refractivity contribution in [2.24, 2.45) is 16.6 Å². The number of guanidine groups is 1. The Balaban J connectivity index is 1.68. The van der Waals surface area contributed by atoms with Gasteiger partial charge < -0.3 is 15.8 Å². The molecule has 5 nitrogen and oxygen atoms in total. The van der Waals surface area contributed by atoms with E-state index in [9.17, 15) is 0 Å². The SMILES string of the molecule is CCCCNC(N)=NCC1CCN(Cc2ccc(OC)cc2)CC1. The van der Waals surface area contributed by atoms with Crippen molar-refractivity contribution >= 4 is 5.96 Å². The maximum atomic E-state index is 5.90. The number of nitrogens with one attached hydrogen (secondary N) is 1. The van der Waals surface area contributed by atoms with Crippen LogP contribution < -0.4 is 15.8 Å². The van der Waals surface area contributed by atoms with Gasteiger partial charge in [-0.15, -0.1) is 0 Å². The first kappa shape index (κ1) is 18.6. The Kier molecular flexibility index (Phi) is 7.89. The molecule has 1 aliphatic rings. The average Bonchev–Trinajstić information content (AvgIpc) is 2.62. The minimum absolute atomic E-state index is 0.601. The van der Waals surface area contributed by atoms with Crippen molar-refractivity contribution in [3.8, 4) is 5.75 Å². The number of unbranched alkanes of at least 4 members (excludes halogenated alkanes) is 1. The number of methoxy groups -OCH3 is 1. The summed E-state index contributed by atoms with van der Waals surface area (Å²) in [5, 5.41) is 3.18. The highest BCUT2D eigenvalue weighted by Crippen LogP contribution is 2.20. The molecule has 0 aromatic heterocycles. The normalized spacial score (nSPS) is 17.0. The zero-order valence-electron chi connectivity index (χ0n) is 15.1. The standard InChI is InChI=1S/C19H32N4O/c1-3-4-11-21-19(20)22-14-16-9-12-23(13-10-16)15-17-5-7-18(24-2)8-6-17/h5-8,16H,3-4,9-15H2,1-2H3,(H3,20,21,22). The van der Waals surface area contributed by atoms with Crippen LogP contribution in [0.15, 0.2) is 29.3 Å². The van der Waals surface area contributed by atoms with E-state index in [0.717, 1.165) is 44.9 Å². The van der Waals surface area contributed by atoms with Crippen molar-refractivity contribution in [1.82, 2.24) is 10.2 Å². The molecule has 0 radical (unpaired) electrons. The minimum Gasteiger partial charge on any atom is -0.497 e. The third-order valence-electron chi connectivity index (χ3n) is 4.63. The van der Waals surface area contributed by atoms with Gasteiger partial charge in [0.15, 0.2) is 5.96 Å². The molecule has 0 bridgehead atoms. The number of rotatable bonds is 8. The molecule has 134 valence electrons. The fourth-order valence-electron chi connectivity index (χ4n) is 2.99. The monoisotopic (exact) mass is 332 g/mol. The van der Waals surface area contributed by atoms with Gasteiger partial charge in [-0.3, -0.25) is 9.89 Å². The Morgan fingerprint density at radius 1 is 1.29 bits per heavy atom. The molecule has 1 saturated heterocycles. The number of aliphatic imine (C=N–C) groups is 1. The predicted molar refractivity (Wildman–Crippen MR) is 100 cm³/mol. The molecule has 1 aromatic carbocycles. The number of ether oxygens (including phenoxy) is 1. The van der Waals surface area contributed by atoms with Crippen LogP contribution in [-0.4, -0.2) is 44.1 Å². The van der Waals surface area contributed by atoms with Gasteiger partial charge in [-0.2, -0.15) is 0 Å². The topological polar surface area (TPSA) is 62.9 Å². The number of nitrogens with two attached hydrogens (primary N) is 1. The summed E-state index contributed by atoms with van der Waals surface area (Å²) in [4.78, 5) is 7.02. The van der Waals surface area contributed by atoms with E-state index < -0.39 is 0 Å². The molecular weight excluding hydrogens is 300 g/mol.